The maximum Gasteiger partial charge on any atom is 0.410 e. The van der Waals surface area contributed by atoms with Crippen molar-refractivity contribution in [3.63, 3.8) is 0 Å². The lowest BCUT2D eigenvalue weighted by molar-refractivity contribution is 0.0203. The number of piperidine rings is 1. The standard InChI is InChI=1S/C25H31N7O3/c1-15-8-11-26-23(27-15)28-17-6-5-7-18-21(17)22-29-20(33)14-19(32(22)30-18)16-9-12-31(13-10-16)24(34)35-25(2,3)4/h5-8,11,14,16,23,26,28H,9-10,12-13H2,1-4H3,(H,29,33). The Balaban J connectivity index is 1.45. The monoisotopic (exact) mass is 477 g/mol. The van der Waals surface area contributed by atoms with Gasteiger partial charge in [0.1, 0.15) is 11.2 Å². The van der Waals surface area contributed by atoms with Crippen LogP contribution in [0.3, 0.4) is 0 Å². The summed E-state index contributed by atoms with van der Waals surface area (Å²) in [6.07, 6.45) is 4.62. The van der Waals surface area contributed by atoms with Crippen LogP contribution >= 0.6 is 0 Å². The molecule has 35 heavy (non-hydrogen) atoms. The van der Waals surface area contributed by atoms with Crippen molar-refractivity contribution in [2.45, 2.75) is 58.3 Å². The molecule has 184 valence electrons. The number of hydrogen-bond donors (Lipinski definition) is 3. The number of ether oxygens (including phenoxy) is 1. The number of aromatic amines is 1. The molecular formula is C25H31N7O3. The molecule has 5 rings (SSSR count). The van der Waals surface area contributed by atoms with Crippen LogP contribution in [0.25, 0.3) is 16.6 Å². The Bertz CT molecular complexity index is 1390. The van der Waals surface area contributed by atoms with Crippen LogP contribution in [0.1, 0.15) is 52.1 Å². The predicted molar refractivity (Wildman–Crippen MR) is 136 cm³/mol. The Morgan fingerprint density at radius 1 is 1.23 bits per heavy atom. The number of hydrogen-bond acceptors (Lipinski definition) is 7. The minimum atomic E-state index is -0.527. The molecule has 0 bridgehead atoms. The van der Waals surface area contributed by atoms with Gasteiger partial charge in [-0.05, 0) is 58.7 Å². The van der Waals surface area contributed by atoms with Gasteiger partial charge in [0.05, 0.1) is 22.3 Å². The minimum absolute atomic E-state index is 0.0987. The third-order valence-corrected chi connectivity index (χ3v) is 6.23. The molecule has 2 aliphatic rings. The van der Waals surface area contributed by atoms with Crippen molar-refractivity contribution < 1.29 is 9.53 Å². The Morgan fingerprint density at radius 3 is 2.71 bits per heavy atom. The zero-order valence-corrected chi connectivity index (χ0v) is 20.5. The largest absolute Gasteiger partial charge is 0.444 e. The second-order valence-electron chi connectivity index (χ2n) is 10.1. The van der Waals surface area contributed by atoms with Gasteiger partial charge in [0.15, 0.2) is 6.29 Å². The van der Waals surface area contributed by atoms with E-state index in [-0.39, 0.29) is 23.9 Å². The van der Waals surface area contributed by atoms with Gasteiger partial charge in [0, 0.05) is 37.0 Å². The number of aromatic nitrogens is 3. The number of H-pyrrole nitrogens is 1. The fraction of sp³-hybridized carbons (Fsp3) is 0.440. The van der Waals surface area contributed by atoms with Gasteiger partial charge >= 0.3 is 6.09 Å². The van der Waals surface area contributed by atoms with Crippen LogP contribution < -0.4 is 16.2 Å². The van der Waals surface area contributed by atoms with E-state index in [2.05, 4.69) is 20.6 Å². The Labute approximate surface area is 203 Å². The highest BCUT2D eigenvalue weighted by atomic mass is 16.6. The van der Waals surface area contributed by atoms with Gasteiger partial charge < -0.3 is 25.3 Å². The van der Waals surface area contributed by atoms with Crippen LogP contribution in [-0.2, 0) is 4.74 Å². The van der Waals surface area contributed by atoms with Crippen LogP contribution in [0.4, 0.5) is 10.5 Å². The molecule has 4 heterocycles. The molecule has 1 fully saturated rings. The third-order valence-electron chi connectivity index (χ3n) is 6.23. The number of nitrogens with one attached hydrogen (secondary N) is 3. The number of aliphatic imine (C=N–C) groups is 1. The van der Waals surface area contributed by atoms with Crippen molar-refractivity contribution >= 4 is 34.0 Å². The van der Waals surface area contributed by atoms with E-state index < -0.39 is 5.60 Å². The molecule has 2 aromatic heterocycles. The third kappa shape index (κ3) is 4.73. The Morgan fingerprint density at radius 2 is 2.00 bits per heavy atom. The molecule has 0 radical (unpaired) electrons. The van der Waals surface area contributed by atoms with Crippen molar-refractivity contribution in [1.82, 2.24) is 24.8 Å². The Hall–Kier alpha value is -3.82. The molecule has 3 aromatic rings. The van der Waals surface area contributed by atoms with E-state index in [4.69, 9.17) is 9.84 Å². The van der Waals surface area contributed by atoms with Crippen LogP contribution in [0.2, 0.25) is 0 Å². The van der Waals surface area contributed by atoms with Crippen molar-refractivity contribution in [2.75, 3.05) is 18.4 Å². The summed E-state index contributed by atoms with van der Waals surface area (Å²) in [7, 11) is 0. The highest BCUT2D eigenvalue weighted by molar-refractivity contribution is 6.02. The van der Waals surface area contributed by atoms with Gasteiger partial charge in [-0.25, -0.2) is 14.3 Å². The van der Waals surface area contributed by atoms with Gasteiger partial charge in [-0.1, -0.05) is 6.07 Å². The average Bonchev–Trinajstić information content (AvgIpc) is 3.17. The molecule has 0 spiro atoms. The van der Waals surface area contributed by atoms with Crippen LogP contribution in [-0.4, -0.2) is 56.3 Å². The molecule has 10 nitrogen and oxygen atoms in total. The van der Waals surface area contributed by atoms with Crippen LogP contribution in [0.15, 0.2) is 46.3 Å². The molecule has 0 saturated carbocycles. The smallest absolute Gasteiger partial charge is 0.410 e. The first-order valence-electron chi connectivity index (χ1n) is 11.9. The van der Waals surface area contributed by atoms with Crippen molar-refractivity contribution in [1.29, 1.82) is 0 Å². The van der Waals surface area contributed by atoms with Gasteiger partial charge in [0.25, 0.3) is 5.56 Å². The zero-order chi connectivity index (χ0) is 24.7. The number of benzene rings is 1. The number of amides is 1. The van der Waals surface area contributed by atoms with E-state index in [0.29, 0.717) is 18.7 Å². The number of carbonyl (C=O) groups excluding carboxylic acids is 1. The highest BCUT2D eigenvalue weighted by Crippen LogP contribution is 2.32. The van der Waals surface area contributed by atoms with Gasteiger partial charge in [-0.15, -0.1) is 0 Å². The van der Waals surface area contributed by atoms with Crippen LogP contribution in [0.5, 0.6) is 0 Å². The summed E-state index contributed by atoms with van der Waals surface area (Å²) >= 11 is 0. The second kappa shape index (κ2) is 8.75. The van der Waals surface area contributed by atoms with Crippen molar-refractivity contribution in [2.24, 2.45) is 4.99 Å². The normalized spacial score (nSPS) is 19.0. The summed E-state index contributed by atoms with van der Waals surface area (Å²) in [5.41, 5.74) is 3.31. The Kier molecular flexibility index (Phi) is 5.74. The molecule has 3 N–H and O–H groups in total. The zero-order valence-electron chi connectivity index (χ0n) is 20.5. The molecule has 1 saturated heterocycles. The lowest BCUT2D eigenvalue weighted by atomic mass is 9.93. The van der Waals surface area contributed by atoms with E-state index in [1.54, 1.807) is 11.0 Å². The van der Waals surface area contributed by atoms with Gasteiger partial charge in [0.2, 0.25) is 0 Å². The minimum Gasteiger partial charge on any atom is -0.444 e. The fourth-order valence-electron chi connectivity index (χ4n) is 4.65. The first-order valence-corrected chi connectivity index (χ1v) is 11.9. The van der Waals surface area contributed by atoms with E-state index in [1.165, 1.54) is 0 Å². The van der Waals surface area contributed by atoms with Gasteiger partial charge in [-0.2, -0.15) is 5.10 Å². The quantitative estimate of drug-likeness (QED) is 0.531. The van der Waals surface area contributed by atoms with Crippen molar-refractivity contribution in [3.8, 4) is 0 Å². The molecule has 1 amide bonds. The fourth-order valence-corrected chi connectivity index (χ4v) is 4.65. The maximum absolute atomic E-state index is 12.7. The average molecular weight is 478 g/mol. The molecule has 1 unspecified atom stereocenters. The number of allylic oxidation sites excluding steroid dienone is 1. The lowest BCUT2D eigenvalue weighted by Crippen LogP contribution is -2.41. The summed E-state index contributed by atoms with van der Waals surface area (Å²) in [5, 5.41) is 12.3. The predicted octanol–water partition coefficient (Wildman–Crippen LogP) is 3.56. The first kappa shape index (κ1) is 22.9. The summed E-state index contributed by atoms with van der Waals surface area (Å²) < 4.78 is 7.36. The number of anilines is 1. The van der Waals surface area contributed by atoms with E-state index in [1.807, 2.05) is 62.7 Å². The molecule has 1 aromatic carbocycles. The summed E-state index contributed by atoms with van der Waals surface area (Å²) in [4.78, 5) is 34.5. The van der Waals surface area contributed by atoms with E-state index in [9.17, 15) is 9.59 Å². The topological polar surface area (TPSA) is 116 Å². The molecule has 0 aliphatic carbocycles. The second-order valence-corrected chi connectivity index (χ2v) is 10.1. The summed E-state index contributed by atoms with van der Waals surface area (Å²) in [6, 6.07) is 7.45. The SMILES string of the molecule is CC1=NC(Nc2cccc3nn4c(C5CCN(C(=O)OC(C)(C)C)CC5)cc(=O)[nH]c4c23)NC=C1. The lowest BCUT2D eigenvalue weighted by Gasteiger charge is -2.33. The number of likely N-dealkylation sites (tertiary alicyclic amines) is 1. The number of rotatable bonds is 3. The van der Waals surface area contributed by atoms with Gasteiger partial charge in [-0.3, -0.25) is 4.79 Å². The van der Waals surface area contributed by atoms with E-state index in [0.717, 1.165) is 40.8 Å². The first-order chi connectivity index (χ1) is 16.7. The molecule has 1 atom stereocenters. The molecule has 10 heteroatoms. The summed E-state index contributed by atoms with van der Waals surface area (Å²) in [5.74, 6) is 0.0987. The van der Waals surface area contributed by atoms with E-state index >= 15 is 0 Å². The maximum atomic E-state index is 12.7. The number of fused-ring (bicyclic) bond motifs is 3. The molecule has 2 aliphatic heterocycles. The summed E-state index contributed by atoms with van der Waals surface area (Å²) in [6.45, 7) is 8.68. The van der Waals surface area contributed by atoms with Crippen LogP contribution in [0, 0.1) is 0 Å². The van der Waals surface area contributed by atoms with Crippen molar-refractivity contribution in [3.05, 3.63) is 52.6 Å². The highest BCUT2D eigenvalue weighted by Gasteiger charge is 2.29. The number of carbonyl (C=O) groups is 1. The molecular weight excluding hydrogens is 446 g/mol. The number of nitrogens with zero attached hydrogens (tertiary/aromatic N) is 4.